The van der Waals surface area contributed by atoms with Gasteiger partial charge in [-0.15, -0.1) is 0 Å². The van der Waals surface area contributed by atoms with E-state index in [9.17, 15) is 4.79 Å². The van der Waals surface area contributed by atoms with Gasteiger partial charge in [0.25, 0.3) is 0 Å². The van der Waals surface area contributed by atoms with Gasteiger partial charge in [-0.25, -0.2) is 9.97 Å². The van der Waals surface area contributed by atoms with Crippen molar-refractivity contribution in [3.8, 4) is 22.5 Å². The lowest BCUT2D eigenvalue weighted by Gasteiger charge is -2.37. The van der Waals surface area contributed by atoms with Gasteiger partial charge >= 0.3 is 0 Å². The number of hydrogen-bond donors (Lipinski definition) is 0. The highest BCUT2D eigenvalue weighted by molar-refractivity contribution is 5.82. The topological polar surface area (TPSA) is 62.2 Å². The highest BCUT2D eigenvalue weighted by Crippen LogP contribution is 2.36. The number of likely N-dealkylation sites (N-methyl/N-ethyl adjacent to an activating group) is 1. The van der Waals surface area contributed by atoms with E-state index < -0.39 is 0 Å². The molecule has 5 rings (SSSR count). The molecule has 6 nitrogen and oxygen atoms in total. The van der Waals surface area contributed by atoms with Crippen LogP contribution in [0.3, 0.4) is 0 Å². The summed E-state index contributed by atoms with van der Waals surface area (Å²) in [5, 5.41) is 0. The second-order valence-electron chi connectivity index (χ2n) is 10.0. The monoisotopic (exact) mass is 469 g/mol. The number of carbonyl (C=O) groups is 1. The van der Waals surface area contributed by atoms with E-state index >= 15 is 0 Å². The molecule has 2 saturated heterocycles. The third-order valence-electron chi connectivity index (χ3n) is 7.62. The van der Waals surface area contributed by atoms with E-state index in [4.69, 9.17) is 9.97 Å². The molecule has 0 N–H and O–H groups in total. The van der Waals surface area contributed by atoms with E-state index in [1.54, 1.807) is 12.4 Å². The Morgan fingerprint density at radius 1 is 0.943 bits per heavy atom. The number of amides is 1. The van der Waals surface area contributed by atoms with Gasteiger partial charge in [0.15, 0.2) is 5.82 Å². The molecule has 0 unspecified atom stereocenters. The largest absolute Gasteiger partial charge is 0.341 e. The van der Waals surface area contributed by atoms with Crippen molar-refractivity contribution in [2.45, 2.75) is 57.4 Å². The van der Waals surface area contributed by atoms with Crippen molar-refractivity contribution in [2.75, 3.05) is 26.7 Å². The second-order valence-corrected chi connectivity index (χ2v) is 10.0. The van der Waals surface area contributed by atoms with Gasteiger partial charge in [-0.3, -0.25) is 14.7 Å². The molecule has 0 radical (unpaired) electrons. The minimum atomic E-state index is 0.00451. The molecule has 2 aliphatic heterocycles. The van der Waals surface area contributed by atoms with Crippen molar-refractivity contribution in [1.29, 1.82) is 0 Å². The molecule has 2 atom stereocenters. The number of benzene rings is 1. The van der Waals surface area contributed by atoms with Gasteiger partial charge in [-0.2, -0.15) is 0 Å². The summed E-state index contributed by atoms with van der Waals surface area (Å²) in [4.78, 5) is 32.0. The number of nitrogens with zero attached hydrogens (tertiary/aromatic N) is 5. The molecule has 0 saturated carbocycles. The number of hydrogen-bond acceptors (Lipinski definition) is 5. The Morgan fingerprint density at radius 2 is 1.77 bits per heavy atom. The standard InChI is InChI=1S/C29H35N5O/c1-21-9-5-6-11-24(21)25-19-31-28(22-13-15-30-16-14-22)32-27(25)23-10-8-18-34(20-23)29(35)26-12-4-3-7-17-33(26)2/h5-6,9,11,13-16,19,23,26H,3-4,7-8,10,12,17-18,20H2,1-2H3/t23-,26+/m1/s1. The molecule has 4 heterocycles. The number of rotatable bonds is 4. The van der Waals surface area contributed by atoms with Crippen molar-refractivity contribution >= 4 is 5.91 Å². The van der Waals surface area contributed by atoms with Crippen molar-refractivity contribution in [3.63, 3.8) is 0 Å². The number of pyridine rings is 1. The number of aryl methyl sites for hydroxylation is 1. The molecular formula is C29H35N5O. The Labute approximate surface area is 208 Å². The Morgan fingerprint density at radius 3 is 2.60 bits per heavy atom. The van der Waals surface area contributed by atoms with Gasteiger partial charge < -0.3 is 4.90 Å². The van der Waals surface area contributed by atoms with Crippen molar-refractivity contribution in [2.24, 2.45) is 0 Å². The minimum Gasteiger partial charge on any atom is -0.341 e. The maximum absolute atomic E-state index is 13.6. The van der Waals surface area contributed by atoms with Gasteiger partial charge in [0.2, 0.25) is 5.91 Å². The smallest absolute Gasteiger partial charge is 0.239 e. The highest BCUT2D eigenvalue weighted by Gasteiger charge is 2.33. The van der Waals surface area contributed by atoms with Crippen LogP contribution >= 0.6 is 0 Å². The van der Waals surface area contributed by atoms with E-state index in [1.807, 2.05) is 18.3 Å². The first kappa shape index (κ1) is 23.6. The van der Waals surface area contributed by atoms with Crippen LogP contribution in [0.5, 0.6) is 0 Å². The summed E-state index contributed by atoms with van der Waals surface area (Å²) in [5.74, 6) is 1.19. The Kier molecular flexibility index (Phi) is 7.19. The lowest BCUT2D eigenvalue weighted by molar-refractivity contribution is -0.137. The van der Waals surface area contributed by atoms with Crippen molar-refractivity contribution in [3.05, 3.63) is 66.2 Å². The molecule has 0 aliphatic carbocycles. The van der Waals surface area contributed by atoms with Crippen LogP contribution in [0.4, 0.5) is 0 Å². The molecule has 3 aromatic rings. The molecule has 35 heavy (non-hydrogen) atoms. The van der Waals surface area contributed by atoms with E-state index in [-0.39, 0.29) is 12.0 Å². The predicted octanol–water partition coefficient (Wildman–Crippen LogP) is 5.09. The summed E-state index contributed by atoms with van der Waals surface area (Å²) >= 11 is 0. The van der Waals surface area contributed by atoms with E-state index in [0.717, 1.165) is 67.7 Å². The summed E-state index contributed by atoms with van der Waals surface area (Å²) in [7, 11) is 2.11. The number of piperidine rings is 1. The summed E-state index contributed by atoms with van der Waals surface area (Å²) in [5.41, 5.74) is 5.45. The number of carbonyl (C=O) groups excluding carboxylic acids is 1. The second kappa shape index (κ2) is 10.6. The van der Waals surface area contributed by atoms with Crippen LogP contribution in [0.1, 0.15) is 55.7 Å². The van der Waals surface area contributed by atoms with E-state index in [2.05, 4.69) is 53.0 Å². The normalized spacial score (nSPS) is 21.5. The molecule has 182 valence electrons. The van der Waals surface area contributed by atoms with Crippen LogP contribution in [-0.2, 0) is 4.79 Å². The van der Waals surface area contributed by atoms with Crippen LogP contribution in [0.15, 0.2) is 55.0 Å². The third kappa shape index (κ3) is 5.13. The average molecular weight is 470 g/mol. The molecule has 2 aliphatic rings. The van der Waals surface area contributed by atoms with Crippen LogP contribution in [0.25, 0.3) is 22.5 Å². The lowest BCUT2D eigenvalue weighted by Crippen LogP contribution is -2.49. The number of likely N-dealkylation sites (tertiary alicyclic amines) is 2. The van der Waals surface area contributed by atoms with Gasteiger partial charge in [0.1, 0.15) is 0 Å². The molecule has 1 amide bonds. The first-order valence-electron chi connectivity index (χ1n) is 12.9. The molecule has 6 heteroatoms. The Bertz CT molecular complexity index is 1160. The van der Waals surface area contributed by atoms with Gasteiger partial charge in [-0.05, 0) is 69.5 Å². The van der Waals surface area contributed by atoms with Gasteiger partial charge in [-0.1, -0.05) is 37.1 Å². The lowest BCUT2D eigenvalue weighted by atomic mass is 9.88. The molecule has 0 bridgehead atoms. The molecule has 2 aromatic heterocycles. The minimum absolute atomic E-state index is 0.00451. The fraction of sp³-hybridized carbons (Fsp3) is 0.448. The van der Waals surface area contributed by atoms with Gasteiger partial charge in [0.05, 0.1) is 11.7 Å². The quantitative estimate of drug-likeness (QED) is 0.532. The summed E-state index contributed by atoms with van der Waals surface area (Å²) in [6.07, 6.45) is 12.0. The van der Waals surface area contributed by atoms with E-state index in [0.29, 0.717) is 11.7 Å². The predicted molar refractivity (Wildman–Crippen MR) is 139 cm³/mol. The maximum atomic E-state index is 13.6. The fourth-order valence-electron chi connectivity index (χ4n) is 5.60. The number of aromatic nitrogens is 3. The van der Waals surface area contributed by atoms with Crippen LogP contribution < -0.4 is 0 Å². The van der Waals surface area contributed by atoms with Crippen molar-refractivity contribution in [1.82, 2.24) is 24.8 Å². The maximum Gasteiger partial charge on any atom is 0.239 e. The zero-order valence-electron chi connectivity index (χ0n) is 20.9. The highest BCUT2D eigenvalue weighted by atomic mass is 16.2. The Hall–Kier alpha value is -3.12. The summed E-state index contributed by atoms with van der Waals surface area (Å²) in [6, 6.07) is 12.3. The molecular weight excluding hydrogens is 434 g/mol. The zero-order valence-corrected chi connectivity index (χ0v) is 20.9. The fourth-order valence-corrected chi connectivity index (χ4v) is 5.60. The van der Waals surface area contributed by atoms with Crippen LogP contribution in [0.2, 0.25) is 0 Å². The van der Waals surface area contributed by atoms with E-state index in [1.165, 1.54) is 18.4 Å². The zero-order chi connectivity index (χ0) is 24.2. The third-order valence-corrected chi connectivity index (χ3v) is 7.62. The van der Waals surface area contributed by atoms with Crippen LogP contribution in [-0.4, -0.2) is 63.4 Å². The van der Waals surface area contributed by atoms with Crippen molar-refractivity contribution < 1.29 is 4.79 Å². The SMILES string of the molecule is Cc1ccccc1-c1cnc(-c2ccncc2)nc1[C@@H]1CCCN(C(=O)[C@@H]2CCCCCN2C)C1. The average Bonchev–Trinajstić information content (AvgIpc) is 3.13. The molecule has 0 spiro atoms. The molecule has 2 fully saturated rings. The summed E-state index contributed by atoms with van der Waals surface area (Å²) in [6.45, 7) is 4.69. The Balaban J connectivity index is 1.49. The molecule has 1 aromatic carbocycles. The summed E-state index contributed by atoms with van der Waals surface area (Å²) < 4.78 is 0. The van der Waals surface area contributed by atoms with Gasteiger partial charge in [0, 0.05) is 48.7 Å². The first-order valence-corrected chi connectivity index (χ1v) is 12.9. The first-order chi connectivity index (χ1) is 17.1. The van der Waals surface area contributed by atoms with Crippen LogP contribution in [0, 0.1) is 6.92 Å².